The van der Waals surface area contributed by atoms with E-state index in [1.54, 1.807) is 6.92 Å². The third kappa shape index (κ3) is 16.1. The average Bonchev–Trinajstić information content (AvgIpc) is 4.05. The molecule has 0 saturated carbocycles. The molecule has 68 heavy (non-hydrogen) atoms. The standard InChI is InChI=1S/C54H71N5O9/c1-9-10-21-48(61)68-49-38(6)30-42(31-39(49)7)33-59(24-26-66-27-25-59)34-47(60)55-43(23-22-40-17-13-11-14-18-40)51(63)57-45(29-37(4)5)52(64)58-46(32-41-19-15-12-16-20-41)53(65)56-44(28-36(2)3)50(62)54(8)35-67-54/h1,11-20,30-31,36-37,43-46H,10,21-29,32-35H2,2-8H3,(H3-,55,56,57,58,60,63,64,65)/p+1. The number of carbonyl (C=O) groups excluding carboxylic acids is 6. The molecule has 2 aliphatic rings. The van der Waals surface area contributed by atoms with Crippen molar-refractivity contribution in [3.63, 3.8) is 0 Å². The highest BCUT2D eigenvalue weighted by Crippen LogP contribution is 2.30. The Hall–Kier alpha value is -5.88. The molecule has 0 spiro atoms. The van der Waals surface area contributed by atoms with Crippen LogP contribution < -0.4 is 26.0 Å². The van der Waals surface area contributed by atoms with Crippen LogP contribution in [0.1, 0.15) is 94.5 Å². The van der Waals surface area contributed by atoms with Crippen LogP contribution in [0, 0.1) is 38.0 Å². The number of esters is 1. The summed E-state index contributed by atoms with van der Waals surface area (Å²) in [5.74, 6) is 0.476. The number of Topliss-reactive ketones (excluding diaryl/α,β-unsaturated/α-hetero) is 1. The van der Waals surface area contributed by atoms with E-state index in [4.69, 9.17) is 20.6 Å². The molecule has 2 heterocycles. The van der Waals surface area contributed by atoms with E-state index in [2.05, 4.69) is 27.2 Å². The zero-order valence-corrected chi connectivity index (χ0v) is 41.0. The molecule has 2 saturated heterocycles. The van der Waals surface area contributed by atoms with Crippen molar-refractivity contribution in [3.05, 3.63) is 101 Å². The summed E-state index contributed by atoms with van der Waals surface area (Å²) < 4.78 is 17.3. The number of terminal acetylenes is 1. The van der Waals surface area contributed by atoms with Gasteiger partial charge in [-0.25, -0.2) is 0 Å². The highest BCUT2D eigenvalue weighted by molar-refractivity contribution is 5.99. The fourth-order valence-electron chi connectivity index (χ4n) is 8.79. The average molecular weight is 935 g/mol. The molecule has 5 rings (SSSR count). The smallest absolute Gasteiger partial charge is 0.312 e. The van der Waals surface area contributed by atoms with Gasteiger partial charge in [-0.3, -0.25) is 28.8 Å². The van der Waals surface area contributed by atoms with E-state index in [-0.39, 0.29) is 68.8 Å². The van der Waals surface area contributed by atoms with Crippen molar-refractivity contribution in [2.24, 2.45) is 11.8 Å². The summed E-state index contributed by atoms with van der Waals surface area (Å²) in [4.78, 5) is 83.4. The summed E-state index contributed by atoms with van der Waals surface area (Å²) in [6.45, 7) is 16.2. The molecule has 0 aliphatic carbocycles. The molecule has 14 heteroatoms. The highest BCUT2D eigenvalue weighted by atomic mass is 16.6. The first-order valence-corrected chi connectivity index (χ1v) is 24.0. The van der Waals surface area contributed by atoms with Gasteiger partial charge < -0.3 is 40.0 Å². The van der Waals surface area contributed by atoms with Crippen molar-refractivity contribution in [2.45, 2.75) is 130 Å². The molecule has 3 aromatic carbocycles. The summed E-state index contributed by atoms with van der Waals surface area (Å²) in [5, 5.41) is 11.9. The van der Waals surface area contributed by atoms with Crippen molar-refractivity contribution in [1.29, 1.82) is 0 Å². The molecule has 2 aliphatic heterocycles. The number of nitrogens with zero attached hydrogens (tertiary/aromatic N) is 1. The number of ketones is 1. The Morgan fingerprint density at radius 2 is 1.26 bits per heavy atom. The summed E-state index contributed by atoms with van der Waals surface area (Å²) in [5.41, 5.74) is 3.37. The van der Waals surface area contributed by atoms with Crippen LogP contribution in [0.3, 0.4) is 0 Å². The van der Waals surface area contributed by atoms with Crippen LogP contribution in [0.4, 0.5) is 0 Å². The Morgan fingerprint density at radius 1 is 0.735 bits per heavy atom. The molecule has 0 radical (unpaired) electrons. The number of rotatable bonds is 25. The number of aryl methyl sites for hydroxylation is 3. The van der Waals surface area contributed by atoms with E-state index in [1.807, 2.05) is 114 Å². The first kappa shape index (κ1) is 53.1. The van der Waals surface area contributed by atoms with E-state index in [0.29, 0.717) is 55.9 Å². The van der Waals surface area contributed by atoms with Crippen LogP contribution in [0.5, 0.6) is 5.75 Å². The highest BCUT2D eigenvalue weighted by Gasteiger charge is 2.50. The number of quaternary nitrogens is 1. The van der Waals surface area contributed by atoms with Gasteiger partial charge in [0.15, 0.2) is 12.3 Å². The molecule has 366 valence electrons. The maximum absolute atomic E-state index is 14.5. The molecule has 0 aromatic heterocycles. The minimum atomic E-state index is -1.08. The molecule has 14 nitrogen and oxygen atoms in total. The second-order valence-corrected chi connectivity index (χ2v) is 19.6. The topological polar surface area (TPSA) is 182 Å². The monoisotopic (exact) mass is 935 g/mol. The number of hydrogen-bond acceptors (Lipinski definition) is 9. The first-order valence-electron chi connectivity index (χ1n) is 24.0. The molecule has 5 atom stereocenters. The number of carbonyl (C=O) groups is 6. The Morgan fingerprint density at radius 3 is 1.84 bits per heavy atom. The zero-order chi connectivity index (χ0) is 49.4. The van der Waals surface area contributed by atoms with Gasteiger partial charge in [0.05, 0.1) is 32.3 Å². The quantitative estimate of drug-likeness (QED) is 0.0291. The van der Waals surface area contributed by atoms with E-state index in [0.717, 1.165) is 27.8 Å². The lowest BCUT2D eigenvalue weighted by atomic mass is 9.93. The molecular formula is C54H72N5O9+. The molecule has 0 bridgehead atoms. The van der Waals surface area contributed by atoms with E-state index >= 15 is 0 Å². The number of hydrogen-bond donors (Lipinski definition) is 4. The van der Waals surface area contributed by atoms with Gasteiger partial charge in [-0.15, -0.1) is 12.3 Å². The molecule has 5 unspecified atom stereocenters. The third-order valence-electron chi connectivity index (χ3n) is 12.5. The first-order chi connectivity index (χ1) is 32.4. The lowest BCUT2D eigenvalue weighted by Crippen LogP contribution is -2.61. The third-order valence-corrected chi connectivity index (χ3v) is 12.5. The van der Waals surface area contributed by atoms with Crippen molar-refractivity contribution < 1.29 is 47.5 Å². The SMILES string of the molecule is C#CCCC(=O)Oc1c(C)cc(C[N+]2(CC(=O)NC(CCc3ccccc3)C(=O)NC(CC(C)C)C(=O)NC(Cc3ccccc3)C(=O)NC(CC(C)C)C(=O)C3(C)CO3)CCOCC2)cc1C. The number of morpholine rings is 1. The number of benzene rings is 3. The lowest BCUT2D eigenvalue weighted by Gasteiger charge is -2.41. The van der Waals surface area contributed by atoms with Gasteiger partial charge in [-0.05, 0) is 92.7 Å². The van der Waals surface area contributed by atoms with E-state index in [1.165, 1.54) is 0 Å². The summed E-state index contributed by atoms with van der Waals surface area (Å²) >= 11 is 0. The minimum absolute atomic E-state index is 0.0373. The summed E-state index contributed by atoms with van der Waals surface area (Å²) in [6.07, 6.45) is 7.27. The van der Waals surface area contributed by atoms with Crippen LogP contribution in [-0.2, 0) is 57.6 Å². The van der Waals surface area contributed by atoms with Crippen LogP contribution in [0.15, 0.2) is 72.8 Å². The molecule has 4 N–H and O–H groups in total. The van der Waals surface area contributed by atoms with Gasteiger partial charge in [0.25, 0.3) is 5.91 Å². The zero-order valence-electron chi connectivity index (χ0n) is 41.0. The van der Waals surface area contributed by atoms with E-state index in [9.17, 15) is 28.8 Å². The summed E-state index contributed by atoms with van der Waals surface area (Å²) in [6, 6.07) is 18.9. The Labute approximate surface area is 402 Å². The van der Waals surface area contributed by atoms with E-state index < -0.39 is 53.5 Å². The van der Waals surface area contributed by atoms with Crippen LogP contribution >= 0.6 is 0 Å². The van der Waals surface area contributed by atoms with Gasteiger partial charge in [-0.1, -0.05) is 88.4 Å². The predicted molar refractivity (Wildman–Crippen MR) is 260 cm³/mol. The van der Waals surface area contributed by atoms with Crippen LogP contribution in [-0.4, -0.2) is 109 Å². The fourth-order valence-corrected chi connectivity index (χ4v) is 8.79. The lowest BCUT2D eigenvalue weighted by molar-refractivity contribution is -0.940. The van der Waals surface area contributed by atoms with Crippen molar-refractivity contribution in [1.82, 2.24) is 21.3 Å². The number of ether oxygens (including phenoxy) is 3. The van der Waals surface area contributed by atoms with Crippen LogP contribution in [0.2, 0.25) is 0 Å². The molecule has 4 amide bonds. The van der Waals surface area contributed by atoms with Gasteiger partial charge in [0, 0.05) is 18.4 Å². The normalized spacial score (nSPS) is 18.0. The number of amides is 4. The predicted octanol–water partition coefficient (Wildman–Crippen LogP) is 5.23. The van der Waals surface area contributed by atoms with Crippen molar-refractivity contribution >= 4 is 35.4 Å². The van der Waals surface area contributed by atoms with Crippen molar-refractivity contribution in [3.8, 4) is 18.1 Å². The Bertz CT molecular complexity index is 2220. The Kier molecular flexibility index (Phi) is 19.5. The second-order valence-electron chi connectivity index (χ2n) is 19.6. The van der Waals surface area contributed by atoms with Crippen LogP contribution in [0.25, 0.3) is 0 Å². The number of epoxide rings is 1. The van der Waals surface area contributed by atoms with Gasteiger partial charge in [0.1, 0.15) is 49.1 Å². The summed E-state index contributed by atoms with van der Waals surface area (Å²) in [7, 11) is 0. The van der Waals surface area contributed by atoms with Gasteiger partial charge in [0.2, 0.25) is 17.7 Å². The molecule has 3 aromatic rings. The van der Waals surface area contributed by atoms with Gasteiger partial charge >= 0.3 is 5.97 Å². The molecule has 2 fully saturated rings. The number of nitrogens with one attached hydrogen (secondary N) is 4. The minimum Gasteiger partial charge on any atom is -0.426 e. The van der Waals surface area contributed by atoms with Crippen molar-refractivity contribution in [2.75, 3.05) is 39.5 Å². The maximum atomic E-state index is 14.5. The Balaban J connectivity index is 1.35. The molecular weight excluding hydrogens is 863 g/mol. The fraction of sp³-hybridized carbons (Fsp3) is 0.519. The largest absolute Gasteiger partial charge is 0.426 e. The van der Waals surface area contributed by atoms with Gasteiger partial charge in [-0.2, -0.15) is 0 Å². The second kappa shape index (κ2) is 24.9. The maximum Gasteiger partial charge on any atom is 0.312 e.